The van der Waals surface area contributed by atoms with E-state index in [1.807, 2.05) is 0 Å². The number of hydrogen-bond acceptors (Lipinski definition) is 3. The van der Waals surface area contributed by atoms with E-state index >= 15 is 0 Å². The second-order valence-electron chi connectivity index (χ2n) is 6.25. The fourth-order valence-electron chi connectivity index (χ4n) is 2.32. The van der Waals surface area contributed by atoms with Gasteiger partial charge in [-0.3, -0.25) is 4.79 Å². The highest BCUT2D eigenvalue weighted by Gasteiger charge is 2.23. The number of benzene rings is 2. The molecule has 1 fully saturated rings. The maximum Gasteiger partial charge on any atom is 0.319 e. The summed E-state index contributed by atoms with van der Waals surface area (Å²) in [6.45, 7) is 1.61. The monoisotopic (exact) mass is 407 g/mol. The van der Waals surface area contributed by atoms with E-state index in [-0.39, 0.29) is 23.0 Å². The van der Waals surface area contributed by atoms with Crippen molar-refractivity contribution in [3.05, 3.63) is 52.5 Å². The predicted octanol–water partition coefficient (Wildman–Crippen LogP) is 4.68. The smallest absolute Gasteiger partial charge is 0.319 e. The summed E-state index contributed by atoms with van der Waals surface area (Å²) in [7, 11) is 0. The lowest BCUT2D eigenvalue weighted by Crippen LogP contribution is -2.31. The number of ether oxygens (including phenoxy) is 1. The minimum atomic E-state index is -0.796. The van der Waals surface area contributed by atoms with E-state index in [1.165, 1.54) is 0 Å². The highest BCUT2D eigenvalue weighted by Crippen LogP contribution is 2.32. The van der Waals surface area contributed by atoms with Crippen molar-refractivity contribution < 1.29 is 14.3 Å². The van der Waals surface area contributed by atoms with Crippen molar-refractivity contribution in [2.45, 2.75) is 31.9 Å². The van der Waals surface area contributed by atoms with Crippen molar-refractivity contribution in [3.63, 3.8) is 0 Å². The van der Waals surface area contributed by atoms with Gasteiger partial charge in [0.2, 0.25) is 0 Å². The summed E-state index contributed by atoms with van der Waals surface area (Å²) >= 11 is 12.0. The van der Waals surface area contributed by atoms with E-state index < -0.39 is 6.10 Å². The molecule has 0 aliphatic heterocycles. The van der Waals surface area contributed by atoms with Gasteiger partial charge in [0.15, 0.2) is 6.10 Å². The Balaban J connectivity index is 1.58. The maximum absolute atomic E-state index is 12.4. The van der Waals surface area contributed by atoms with Crippen molar-refractivity contribution in [2.24, 2.45) is 0 Å². The average molecular weight is 408 g/mol. The number of urea groups is 1. The van der Waals surface area contributed by atoms with Gasteiger partial charge < -0.3 is 20.7 Å². The molecule has 8 heteroatoms. The Bertz CT molecular complexity index is 856. The largest absolute Gasteiger partial charge is 0.479 e. The first-order valence-corrected chi connectivity index (χ1v) is 9.27. The van der Waals surface area contributed by atoms with Crippen molar-refractivity contribution in [3.8, 4) is 5.75 Å². The number of hydrogen-bond donors (Lipinski definition) is 3. The van der Waals surface area contributed by atoms with Gasteiger partial charge in [0, 0.05) is 17.4 Å². The summed E-state index contributed by atoms with van der Waals surface area (Å²) in [5, 5.41) is 8.94. The van der Waals surface area contributed by atoms with Crippen LogP contribution in [0.3, 0.4) is 0 Å². The molecule has 6 nitrogen and oxygen atoms in total. The van der Waals surface area contributed by atoms with E-state index in [1.54, 1.807) is 49.4 Å². The molecule has 0 unspecified atom stereocenters. The predicted molar refractivity (Wildman–Crippen MR) is 107 cm³/mol. The summed E-state index contributed by atoms with van der Waals surface area (Å²) in [4.78, 5) is 24.2. The van der Waals surface area contributed by atoms with Crippen LogP contribution >= 0.6 is 23.2 Å². The molecular formula is C19H19Cl2N3O3. The van der Waals surface area contributed by atoms with Crippen LogP contribution in [-0.2, 0) is 4.79 Å². The Labute approximate surface area is 167 Å². The molecule has 0 radical (unpaired) electrons. The number of rotatable bonds is 6. The SMILES string of the molecule is C[C@@H](Oc1cccc(Cl)c1Cl)C(=O)Nc1cccc(NC(=O)NC2CC2)c1. The Hall–Kier alpha value is -2.44. The fourth-order valence-corrected chi connectivity index (χ4v) is 2.65. The topological polar surface area (TPSA) is 79.5 Å². The summed E-state index contributed by atoms with van der Waals surface area (Å²) < 4.78 is 5.60. The second-order valence-corrected chi connectivity index (χ2v) is 7.04. The average Bonchev–Trinajstić information content (AvgIpc) is 3.43. The fraction of sp³-hybridized carbons (Fsp3) is 0.263. The van der Waals surface area contributed by atoms with E-state index in [0.29, 0.717) is 22.1 Å². The number of amides is 3. The van der Waals surface area contributed by atoms with Crippen LogP contribution in [0.5, 0.6) is 5.75 Å². The summed E-state index contributed by atoms with van der Waals surface area (Å²) in [6, 6.07) is 11.9. The molecule has 2 aromatic carbocycles. The Kier molecular flexibility index (Phi) is 6.08. The molecule has 3 rings (SSSR count). The van der Waals surface area contributed by atoms with Gasteiger partial charge in [-0.2, -0.15) is 0 Å². The lowest BCUT2D eigenvalue weighted by Gasteiger charge is -2.16. The molecule has 0 heterocycles. The highest BCUT2D eigenvalue weighted by atomic mass is 35.5. The number of halogens is 2. The summed E-state index contributed by atoms with van der Waals surface area (Å²) in [5.41, 5.74) is 1.12. The van der Waals surface area contributed by atoms with Crippen LogP contribution in [0.2, 0.25) is 10.0 Å². The minimum Gasteiger partial charge on any atom is -0.479 e. The molecular weight excluding hydrogens is 389 g/mol. The zero-order valence-electron chi connectivity index (χ0n) is 14.6. The molecule has 27 heavy (non-hydrogen) atoms. The van der Waals surface area contributed by atoms with Crippen LogP contribution in [0, 0.1) is 0 Å². The lowest BCUT2D eigenvalue weighted by molar-refractivity contribution is -0.122. The van der Waals surface area contributed by atoms with Crippen molar-refractivity contribution in [1.82, 2.24) is 5.32 Å². The van der Waals surface area contributed by atoms with Crippen LogP contribution in [0.25, 0.3) is 0 Å². The van der Waals surface area contributed by atoms with Crippen molar-refractivity contribution in [2.75, 3.05) is 10.6 Å². The molecule has 2 aromatic rings. The van der Waals surface area contributed by atoms with Gasteiger partial charge in [-0.15, -0.1) is 0 Å². The Morgan fingerprint density at radius 3 is 2.44 bits per heavy atom. The molecule has 3 amide bonds. The number of carbonyl (C=O) groups excluding carboxylic acids is 2. The Morgan fingerprint density at radius 1 is 1.07 bits per heavy atom. The molecule has 0 bridgehead atoms. The lowest BCUT2D eigenvalue weighted by atomic mass is 10.2. The van der Waals surface area contributed by atoms with Crippen LogP contribution in [0.4, 0.5) is 16.2 Å². The van der Waals surface area contributed by atoms with Gasteiger partial charge in [-0.05, 0) is 50.1 Å². The molecule has 3 N–H and O–H groups in total. The number of carbonyl (C=O) groups is 2. The van der Waals surface area contributed by atoms with E-state index in [2.05, 4.69) is 16.0 Å². The molecule has 0 spiro atoms. The molecule has 142 valence electrons. The van der Waals surface area contributed by atoms with Gasteiger partial charge in [-0.1, -0.05) is 35.3 Å². The third-order valence-corrected chi connectivity index (χ3v) is 4.69. The van der Waals surface area contributed by atoms with Crippen LogP contribution in [0.15, 0.2) is 42.5 Å². The normalized spacial score (nSPS) is 14.2. The first-order chi connectivity index (χ1) is 12.9. The van der Waals surface area contributed by atoms with Crippen LogP contribution < -0.4 is 20.7 Å². The van der Waals surface area contributed by atoms with Crippen LogP contribution in [-0.4, -0.2) is 24.1 Å². The highest BCUT2D eigenvalue weighted by molar-refractivity contribution is 6.42. The van der Waals surface area contributed by atoms with Crippen LogP contribution in [0.1, 0.15) is 19.8 Å². The zero-order valence-corrected chi connectivity index (χ0v) is 16.1. The standard InChI is InChI=1S/C19H19Cl2N3O3/c1-11(27-16-7-3-6-15(20)17(16)21)18(25)22-13-4-2-5-14(10-13)24-19(26)23-12-8-9-12/h2-7,10-12H,8-9H2,1H3,(H,22,25)(H2,23,24,26)/t11-/m1/s1. The second kappa shape index (κ2) is 8.50. The third-order valence-electron chi connectivity index (χ3n) is 3.89. The van der Waals surface area contributed by atoms with Gasteiger partial charge >= 0.3 is 6.03 Å². The number of nitrogens with one attached hydrogen (secondary N) is 3. The quantitative estimate of drug-likeness (QED) is 0.649. The zero-order chi connectivity index (χ0) is 19.4. The third kappa shape index (κ3) is 5.52. The molecule has 1 aliphatic rings. The van der Waals surface area contributed by atoms with Gasteiger partial charge in [0.1, 0.15) is 10.8 Å². The van der Waals surface area contributed by atoms with E-state index in [0.717, 1.165) is 12.8 Å². The van der Waals surface area contributed by atoms with Gasteiger partial charge in [0.05, 0.1) is 5.02 Å². The van der Waals surface area contributed by atoms with Crippen molar-refractivity contribution in [1.29, 1.82) is 0 Å². The first-order valence-electron chi connectivity index (χ1n) is 8.51. The van der Waals surface area contributed by atoms with Gasteiger partial charge in [0.25, 0.3) is 5.91 Å². The van der Waals surface area contributed by atoms with Crippen molar-refractivity contribution >= 4 is 46.5 Å². The first kappa shape index (κ1) is 19.3. The van der Waals surface area contributed by atoms with Gasteiger partial charge in [-0.25, -0.2) is 4.79 Å². The minimum absolute atomic E-state index is 0.256. The van der Waals surface area contributed by atoms with E-state index in [9.17, 15) is 9.59 Å². The molecule has 1 aliphatic carbocycles. The Morgan fingerprint density at radius 2 is 1.74 bits per heavy atom. The number of anilines is 2. The summed E-state index contributed by atoms with van der Waals surface area (Å²) in [5.74, 6) is -0.0235. The molecule has 1 atom stereocenters. The molecule has 0 aromatic heterocycles. The summed E-state index contributed by atoms with van der Waals surface area (Å²) in [6.07, 6.45) is 1.23. The molecule has 0 saturated heterocycles. The molecule has 1 saturated carbocycles. The van der Waals surface area contributed by atoms with E-state index in [4.69, 9.17) is 27.9 Å². The maximum atomic E-state index is 12.4.